The maximum absolute atomic E-state index is 11.7. The number of carbonyl (C=O) groups is 1. The van der Waals surface area contributed by atoms with Gasteiger partial charge in [-0.15, -0.1) is 11.3 Å². The Balaban J connectivity index is 2.60. The van der Waals surface area contributed by atoms with E-state index in [0.29, 0.717) is 6.54 Å². The zero-order valence-electron chi connectivity index (χ0n) is 8.79. The first-order valence-electron chi connectivity index (χ1n) is 4.80. The van der Waals surface area contributed by atoms with Crippen LogP contribution in [0.15, 0.2) is 15.9 Å². The molecule has 1 amide bonds. The molecular weight excluding hydrogens is 276 g/mol. The average molecular weight is 291 g/mol. The first kappa shape index (κ1) is 12.7. The smallest absolute Gasteiger partial charge is 0.228 e. The molecule has 1 heterocycles. The van der Waals surface area contributed by atoms with Crippen LogP contribution in [0.1, 0.15) is 24.6 Å². The van der Waals surface area contributed by atoms with Crippen molar-refractivity contribution in [3.8, 4) is 0 Å². The molecule has 3 N–H and O–H groups in total. The topological polar surface area (TPSA) is 55.1 Å². The summed E-state index contributed by atoms with van der Waals surface area (Å²) in [7, 11) is 0. The lowest BCUT2D eigenvalue weighted by molar-refractivity contribution is -0.122. The molecule has 0 spiro atoms. The van der Waals surface area contributed by atoms with Gasteiger partial charge >= 0.3 is 0 Å². The van der Waals surface area contributed by atoms with Crippen LogP contribution in [0.4, 0.5) is 0 Å². The minimum Gasteiger partial charge on any atom is -0.352 e. The Hall–Kier alpha value is -0.390. The molecule has 1 aromatic heterocycles. The van der Waals surface area contributed by atoms with E-state index in [4.69, 9.17) is 5.73 Å². The highest BCUT2D eigenvalue weighted by Gasteiger charge is 2.17. The number of hydrogen-bond acceptors (Lipinski definition) is 3. The maximum Gasteiger partial charge on any atom is 0.228 e. The molecule has 3 nitrogen and oxygen atoms in total. The monoisotopic (exact) mass is 290 g/mol. The highest BCUT2D eigenvalue weighted by molar-refractivity contribution is 9.11. The predicted octanol–water partition coefficient (Wildman–Crippen LogP) is 2.08. The summed E-state index contributed by atoms with van der Waals surface area (Å²) in [5, 5.41) is 2.86. The Morgan fingerprint density at radius 2 is 2.27 bits per heavy atom. The fourth-order valence-electron chi connectivity index (χ4n) is 1.12. The van der Waals surface area contributed by atoms with E-state index in [9.17, 15) is 4.79 Å². The van der Waals surface area contributed by atoms with Gasteiger partial charge in [0.15, 0.2) is 0 Å². The average Bonchev–Trinajstić information content (AvgIpc) is 2.63. The van der Waals surface area contributed by atoms with E-state index in [1.807, 2.05) is 26.0 Å². The molecule has 15 heavy (non-hydrogen) atoms. The zero-order valence-corrected chi connectivity index (χ0v) is 11.2. The summed E-state index contributed by atoms with van der Waals surface area (Å²) in [6, 6.07) is 3.95. The lowest BCUT2D eigenvalue weighted by atomic mass is 10.1. The van der Waals surface area contributed by atoms with Crippen molar-refractivity contribution < 1.29 is 4.79 Å². The summed E-state index contributed by atoms with van der Waals surface area (Å²) in [5.41, 5.74) is 5.44. The van der Waals surface area contributed by atoms with Crippen LogP contribution in [0, 0.1) is 0 Å². The number of hydrogen-bond donors (Lipinski definition) is 2. The van der Waals surface area contributed by atoms with Crippen LogP contribution in [-0.2, 0) is 4.79 Å². The van der Waals surface area contributed by atoms with Gasteiger partial charge in [-0.2, -0.15) is 0 Å². The maximum atomic E-state index is 11.7. The molecule has 0 saturated carbocycles. The number of nitrogens with one attached hydrogen (secondary N) is 1. The van der Waals surface area contributed by atoms with Crippen molar-refractivity contribution in [3.05, 3.63) is 20.8 Å². The highest BCUT2D eigenvalue weighted by Crippen LogP contribution is 2.28. The van der Waals surface area contributed by atoms with Crippen molar-refractivity contribution in [1.29, 1.82) is 0 Å². The van der Waals surface area contributed by atoms with Gasteiger partial charge in [0.2, 0.25) is 5.91 Å². The standard InChI is InChI=1S/C10H15BrN2OS/c1-6(5-12)13-10(14)7(2)8-3-4-9(11)15-8/h3-4,6-7H,5,12H2,1-2H3,(H,13,14)/t6-,7?/m1/s1. The fourth-order valence-corrected chi connectivity index (χ4v) is 2.59. The minimum atomic E-state index is -0.115. The van der Waals surface area contributed by atoms with Gasteiger partial charge in [0, 0.05) is 17.5 Å². The molecule has 0 aliphatic carbocycles. The lowest BCUT2D eigenvalue weighted by Gasteiger charge is -2.15. The number of halogens is 1. The molecule has 2 atom stereocenters. The second-order valence-corrected chi connectivity index (χ2v) is 6.00. The van der Waals surface area contributed by atoms with Crippen LogP contribution >= 0.6 is 27.3 Å². The minimum absolute atomic E-state index is 0.0299. The Labute approximate surface area is 102 Å². The Kier molecular flexibility index (Phi) is 4.76. The van der Waals surface area contributed by atoms with Crippen LogP contribution in [0.3, 0.4) is 0 Å². The molecule has 0 bridgehead atoms. The number of nitrogens with two attached hydrogens (primary N) is 1. The van der Waals surface area contributed by atoms with Crippen molar-refractivity contribution in [1.82, 2.24) is 5.32 Å². The van der Waals surface area contributed by atoms with Crippen LogP contribution in [-0.4, -0.2) is 18.5 Å². The van der Waals surface area contributed by atoms with Crippen molar-refractivity contribution in [3.63, 3.8) is 0 Å². The third-order valence-electron chi connectivity index (χ3n) is 2.16. The van der Waals surface area contributed by atoms with Crippen molar-refractivity contribution in [2.75, 3.05) is 6.54 Å². The molecule has 1 aromatic rings. The third kappa shape index (κ3) is 3.59. The summed E-state index contributed by atoms with van der Waals surface area (Å²) in [5.74, 6) is -0.0856. The SMILES string of the molecule is CC(C(=O)N[C@H](C)CN)c1ccc(Br)s1. The summed E-state index contributed by atoms with van der Waals surface area (Å²) < 4.78 is 1.05. The molecule has 0 radical (unpaired) electrons. The van der Waals surface area contributed by atoms with Gasteiger partial charge in [0.1, 0.15) is 0 Å². The molecule has 1 rings (SSSR count). The van der Waals surface area contributed by atoms with E-state index < -0.39 is 0 Å². The van der Waals surface area contributed by atoms with Crippen LogP contribution < -0.4 is 11.1 Å². The van der Waals surface area contributed by atoms with Gasteiger partial charge in [-0.1, -0.05) is 0 Å². The van der Waals surface area contributed by atoms with E-state index >= 15 is 0 Å². The summed E-state index contributed by atoms with van der Waals surface area (Å²) >= 11 is 4.96. The molecule has 1 unspecified atom stereocenters. The van der Waals surface area contributed by atoms with E-state index in [-0.39, 0.29) is 17.9 Å². The third-order valence-corrected chi connectivity index (χ3v) is 3.96. The fraction of sp³-hybridized carbons (Fsp3) is 0.500. The molecular formula is C10H15BrN2OS. The Bertz CT molecular complexity index is 340. The number of carbonyl (C=O) groups excluding carboxylic acids is 1. The second-order valence-electron chi connectivity index (χ2n) is 3.51. The van der Waals surface area contributed by atoms with Gasteiger partial charge in [-0.25, -0.2) is 0 Å². The van der Waals surface area contributed by atoms with Gasteiger partial charge < -0.3 is 11.1 Å². The van der Waals surface area contributed by atoms with Crippen molar-refractivity contribution in [2.45, 2.75) is 25.8 Å². The lowest BCUT2D eigenvalue weighted by Crippen LogP contribution is -2.39. The van der Waals surface area contributed by atoms with E-state index in [1.54, 1.807) is 11.3 Å². The molecule has 0 saturated heterocycles. The quantitative estimate of drug-likeness (QED) is 0.892. The van der Waals surface area contributed by atoms with Gasteiger partial charge in [0.05, 0.1) is 9.70 Å². The molecule has 0 aromatic carbocycles. The first-order valence-corrected chi connectivity index (χ1v) is 6.41. The Morgan fingerprint density at radius 3 is 2.73 bits per heavy atom. The number of rotatable bonds is 4. The molecule has 0 aliphatic rings. The predicted molar refractivity (Wildman–Crippen MR) is 67.1 cm³/mol. The highest BCUT2D eigenvalue weighted by atomic mass is 79.9. The number of amides is 1. The molecule has 0 fully saturated rings. The van der Waals surface area contributed by atoms with Crippen molar-refractivity contribution in [2.24, 2.45) is 5.73 Å². The Morgan fingerprint density at radius 1 is 1.60 bits per heavy atom. The normalized spacial score (nSPS) is 14.7. The van der Waals surface area contributed by atoms with E-state index in [1.165, 1.54) is 0 Å². The van der Waals surface area contributed by atoms with E-state index in [2.05, 4.69) is 21.2 Å². The molecule has 84 valence electrons. The summed E-state index contributed by atoms with van der Waals surface area (Å²) in [6.07, 6.45) is 0. The van der Waals surface area contributed by atoms with Crippen LogP contribution in [0.25, 0.3) is 0 Å². The summed E-state index contributed by atoms with van der Waals surface area (Å²) in [4.78, 5) is 12.8. The number of thiophene rings is 1. The van der Waals surface area contributed by atoms with Gasteiger partial charge in [-0.05, 0) is 41.9 Å². The van der Waals surface area contributed by atoms with Crippen LogP contribution in [0.2, 0.25) is 0 Å². The summed E-state index contributed by atoms with van der Waals surface area (Å²) in [6.45, 7) is 4.26. The first-order chi connectivity index (χ1) is 7.04. The second kappa shape index (κ2) is 5.63. The van der Waals surface area contributed by atoms with Crippen molar-refractivity contribution >= 4 is 33.2 Å². The van der Waals surface area contributed by atoms with Crippen LogP contribution in [0.5, 0.6) is 0 Å². The van der Waals surface area contributed by atoms with E-state index in [0.717, 1.165) is 8.66 Å². The zero-order chi connectivity index (χ0) is 11.4. The van der Waals surface area contributed by atoms with Gasteiger partial charge in [-0.3, -0.25) is 4.79 Å². The molecule has 0 aliphatic heterocycles. The van der Waals surface area contributed by atoms with Gasteiger partial charge in [0.25, 0.3) is 0 Å². The molecule has 5 heteroatoms. The largest absolute Gasteiger partial charge is 0.352 e.